The first-order chi connectivity index (χ1) is 15.7. The van der Waals surface area contributed by atoms with Crippen molar-refractivity contribution in [2.75, 3.05) is 17.9 Å². The van der Waals surface area contributed by atoms with Gasteiger partial charge in [0.2, 0.25) is 0 Å². The van der Waals surface area contributed by atoms with Gasteiger partial charge in [0.1, 0.15) is 12.4 Å². The number of carbonyl (C=O) groups is 1. The van der Waals surface area contributed by atoms with Crippen molar-refractivity contribution < 1.29 is 17.9 Å². The highest BCUT2D eigenvalue weighted by molar-refractivity contribution is 7.92. The number of rotatable bonds is 9. The summed E-state index contributed by atoms with van der Waals surface area (Å²) in [5.74, 6) is 0.759. The Bertz CT molecular complexity index is 1230. The minimum absolute atomic E-state index is 0.141. The van der Waals surface area contributed by atoms with Crippen LogP contribution in [0.1, 0.15) is 41.3 Å². The smallest absolute Gasteiger partial charge is 0.261 e. The summed E-state index contributed by atoms with van der Waals surface area (Å²) in [5.41, 5.74) is 2.58. The number of anilines is 1. The maximum atomic E-state index is 12.6. The van der Waals surface area contributed by atoms with Crippen LogP contribution in [0.3, 0.4) is 0 Å². The van der Waals surface area contributed by atoms with Crippen LogP contribution >= 0.6 is 11.6 Å². The van der Waals surface area contributed by atoms with Crippen molar-refractivity contribution in [3.63, 3.8) is 0 Å². The number of halogens is 1. The van der Waals surface area contributed by atoms with Gasteiger partial charge in [0.05, 0.1) is 27.7 Å². The molecule has 0 bridgehead atoms. The monoisotopic (exact) mass is 486 g/mol. The second kappa shape index (κ2) is 10.7. The molecule has 33 heavy (non-hydrogen) atoms. The maximum absolute atomic E-state index is 12.6. The number of hydrogen-bond donors (Lipinski definition) is 2. The fourth-order valence-corrected chi connectivity index (χ4v) is 4.52. The average molecular weight is 487 g/mol. The molecule has 0 fully saturated rings. The lowest BCUT2D eigenvalue weighted by Gasteiger charge is -2.14. The Balaban J connectivity index is 1.58. The summed E-state index contributed by atoms with van der Waals surface area (Å²) >= 11 is 6.26. The van der Waals surface area contributed by atoms with E-state index in [0.29, 0.717) is 19.1 Å². The van der Waals surface area contributed by atoms with Crippen LogP contribution < -0.4 is 14.8 Å². The summed E-state index contributed by atoms with van der Waals surface area (Å²) < 4.78 is 33.4. The SMILES string of the molecule is Cc1ccc(S(=O)(=O)Nc2ccc(C(=O)NCCOc3ccccc3C(C)C)c(Cl)c2)cc1. The highest BCUT2D eigenvalue weighted by atomic mass is 35.5. The van der Waals surface area contributed by atoms with E-state index in [2.05, 4.69) is 23.9 Å². The number of para-hydroxylation sites is 1. The van der Waals surface area contributed by atoms with E-state index in [9.17, 15) is 13.2 Å². The van der Waals surface area contributed by atoms with Crippen LogP contribution in [-0.4, -0.2) is 27.5 Å². The minimum Gasteiger partial charge on any atom is -0.491 e. The number of sulfonamides is 1. The average Bonchev–Trinajstić information content (AvgIpc) is 2.77. The van der Waals surface area contributed by atoms with Gasteiger partial charge in [-0.15, -0.1) is 0 Å². The summed E-state index contributed by atoms with van der Waals surface area (Å²) in [5, 5.41) is 2.91. The first kappa shape index (κ1) is 24.6. The van der Waals surface area contributed by atoms with Crippen LogP contribution in [0, 0.1) is 6.92 Å². The summed E-state index contributed by atoms with van der Waals surface area (Å²) in [7, 11) is -3.76. The molecule has 0 spiro atoms. The van der Waals surface area contributed by atoms with E-state index >= 15 is 0 Å². The third kappa shape index (κ3) is 6.49. The van der Waals surface area contributed by atoms with Gasteiger partial charge in [-0.3, -0.25) is 9.52 Å². The van der Waals surface area contributed by atoms with Crippen molar-refractivity contribution in [1.82, 2.24) is 5.32 Å². The first-order valence-corrected chi connectivity index (χ1v) is 12.4. The Morgan fingerprint density at radius 2 is 1.73 bits per heavy atom. The van der Waals surface area contributed by atoms with Crippen molar-refractivity contribution in [1.29, 1.82) is 0 Å². The van der Waals surface area contributed by atoms with Gasteiger partial charge in [0.15, 0.2) is 0 Å². The van der Waals surface area contributed by atoms with E-state index in [4.69, 9.17) is 16.3 Å². The first-order valence-electron chi connectivity index (χ1n) is 10.6. The van der Waals surface area contributed by atoms with Gasteiger partial charge in [-0.2, -0.15) is 0 Å². The highest BCUT2D eigenvalue weighted by Gasteiger charge is 2.16. The summed E-state index contributed by atoms with van der Waals surface area (Å²) in [4.78, 5) is 12.7. The second-order valence-corrected chi connectivity index (χ2v) is 10.00. The van der Waals surface area contributed by atoms with Crippen LogP contribution in [0.5, 0.6) is 5.75 Å². The molecule has 174 valence electrons. The standard InChI is InChI=1S/C25H27ClN2O4S/c1-17(2)21-6-4-5-7-24(21)32-15-14-27-25(29)22-13-10-19(16-23(22)26)28-33(30,31)20-11-8-18(3)9-12-20/h4-13,16-17,28H,14-15H2,1-3H3,(H,27,29). The van der Waals surface area contributed by atoms with Gasteiger partial charge in [-0.1, -0.05) is 61.3 Å². The van der Waals surface area contributed by atoms with Crippen LogP contribution in [0.2, 0.25) is 5.02 Å². The Labute approximate surface area is 200 Å². The Kier molecular flexibility index (Phi) is 8.00. The zero-order chi connectivity index (χ0) is 24.0. The number of amides is 1. The molecule has 0 atom stereocenters. The zero-order valence-corrected chi connectivity index (χ0v) is 20.3. The third-order valence-electron chi connectivity index (χ3n) is 4.98. The largest absolute Gasteiger partial charge is 0.491 e. The Morgan fingerprint density at radius 3 is 2.39 bits per heavy atom. The molecule has 0 saturated carbocycles. The molecule has 0 aliphatic rings. The number of aryl methyl sites for hydroxylation is 1. The molecule has 3 aromatic rings. The van der Waals surface area contributed by atoms with Gasteiger partial charge in [0.25, 0.3) is 15.9 Å². The fraction of sp³-hybridized carbons (Fsp3) is 0.240. The molecule has 2 N–H and O–H groups in total. The molecular weight excluding hydrogens is 460 g/mol. The Morgan fingerprint density at radius 1 is 1.03 bits per heavy atom. The summed E-state index contributed by atoms with van der Waals surface area (Å²) in [6, 6.07) is 18.7. The quantitative estimate of drug-likeness (QED) is 0.397. The van der Waals surface area contributed by atoms with Crippen LogP contribution in [-0.2, 0) is 10.0 Å². The Hall–Kier alpha value is -3.03. The zero-order valence-electron chi connectivity index (χ0n) is 18.8. The van der Waals surface area contributed by atoms with E-state index in [-0.39, 0.29) is 27.1 Å². The lowest BCUT2D eigenvalue weighted by molar-refractivity contribution is 0.0947. The lowest BCUT2D eigenvalue weighted by Crippen LogP contribution is -2.28. The van der Waals surface area contributed by atoms with E-state index in [1.807, 2.05) is 31.2 Å². The number of carbonyl (C=O) groups excluding carboxylic acids is 1. The predicted molar refractivity (Wildman–Crippen MR) is 132 cm³/mol. The summed E-state index contributed by atoms with van der Waals surface area (Å²) in [6.45, 7) is 6.67. The van der Waals surface area contributed by atoms with Crippen LogP contribution in [0.25, 0.3) is 0 Å². The number of hydrogen-bond acceptors (Lipinski definition) is 4. The highest BCUT2D eigenvalue weighted by Crippen LogP contribution is 2.26. The normalized spacial score (nSPS) is 11.3. The topological polar surface area (TPSA) is 84.5 Å². The second-order valence-electron chi connectivity index (χ2n) is 7.91. The van der Waals surface area contributed by atoms with Crippen molar-refractivity contribution in [2.24, 2.45) is 0 Å². The molecule has 0 aliphatic carbocycles. The molecule has 3 rings (SSSR count). The maximum Gasteiger partial charge on any atom is 0.261 e. The molecule has 0 heterocycles. The van der Waals surface area contributed by atoms with E-state index in [1.165, 1.54) is 30.3 Å². The number of ether oxygens (including phenoxy) is 1. The third-order valence-corrected chi connectivity index (χ3v) is 6.69. The molecule has 0 unspecified atom stereocenters. The molecule has 3 aromatic carbocycles. The van der Waals surface area contributed by atoms with E-state index in [1.54, 1.807) is 12.1 Å². The van der Waals surface area contributed by atoms with Crippen molar-refractivity contribution in [3.05, 3.63) is 88.4 Å². The molecule has 1 amide bonds. The molecule has 6 nitrogen and oxygen atoms in total. The molecule has 0 radical (unpaired) electrons. The van der Waals surface area contributed by atoms with Gasteiger partial charge in [-0.25, -0.2) is 8.42 Å². The molecule has 0 saturated heterocycles. The van der Waals surface area contributed by atoms with Gasteiger partial charge < -0.3 is 10.1 Å². The predicted octanol–water partition coefficient (Wildman–Crippen LogP) is 5.38. The minimum atomic E-state index is -3.76. The van der Waals surface area contributed by atoms with E-state index < -0.39 is 10.0 Å². The molecule has 8 heteroatoms. The molecular formula is C25H27ClN2O4S. The van der Waals surface area contributed by atoms with Crippen molar-refractivity contribution in [3.8, 4) is 5.75 Å². The van der Waals surface area contributed by atoms with Gasteiger partial charge >= 0.3 is 0 Å². The summed E-state index contributed by atoms with van der Waals surface area (Å²) in [6.07, 6.45) is 0. The van der Waals surface area contributed by atoms with Gasteiger partial charge in [-0.05, 0) is 54.8 Å². The van der Waals surface area contributed by atoms with Crippen LogP contribution in [0.15, 0.2) is 71.6 Å². The molecule has 0 aromatic heterocycles. The lowest BCUT2D eigenvalue weighted by atomic mass is 10.0. The number of nitrogens with one attached hydrogen (secondary N) is 2. The van der Waals surface area contributed by atoms with E-state index in [0.717, 1.165) is 16.9 Å². The number of benzene rings is 3. The molecule has 0 aliphatic heterocycles. The fourth-order valence-electron chi connectivity index (χ4n) is 3.20. The van der Waals surface area contributed by atoms with Gasteiger partial charge in [0, 0.05) is 0 Å². The van der Waals surface area contributed by atoms with Crippen LogP contribution in [0.4, 0.5) is 5.69 Å². The van der Waals surface area contributed by atoms with Crippen molar-refractivity contribution >= 4 is 33.2 Å². The van der Waals surface area contributed by atoms with Crippen molar-refractivity contribution in [2.45, 2.75) is 31.6 Å².